The lowest BCUT2D eigenvalue weighted by Crippen LogP contribution is -2.54. The second-order valence-electron chi connectivity index (χ2n) is 4.96. The van der Waals surface area contributed by atoms with Crippen molar-refractivity contribution >= 4 is 5.97 Å². The van der Waals surface area contributed by atoms with Gasteiger partial charge in [-0.15, -0.1) is 0 Å². The first kappa shape index (κ1) is 11.8. The second-order valence-corrected chi connectivity index (χ2v) is 4.96. The monoisotopic (exact) mass is 229 g/mol. The number of aliphatic hydroxyl groups is 2. The molecule has 2 N–H and O–H groups in total. The number of hydrogen-bond donors (Lipinski definition) is 2. The van der Waals surface area contributed by atoms with Gasteiger partial charge in [-0.1, -0.05) is 0 Å². The number of rotatable bonds is 2. The van der Waals surface area contributed by atoms with Crippen molar-refractivity contribution in [3.05, 3.63) is 0 Å². The molecule has 16 heavy (non-hydrogen) atoms. The summed E-state index contributed by atoms with van der Waals surface area (Å²) in [7, 11) is 1.36. The molecule has 2 bridgehead atoms. The van der Waals surface area contributed by atoms with Crippen molar-refractivity contribution in [3.63, 3.8) is 0 Å². The van der Waals surface area contributed by atoms with Crippen LogP contribution in [-0.2, 0) is 9.53 Å². The van der Waals surface area contributed by atoms with Crippen LogP contribution in [0.1, 0.15) is 20.3 Å². The maximum atomic E-state index is 11.7. The minimum absolute atomic E-state index is 0.101. The average molecular weight is 229 g/mol. The van der Waals surface area contributed by atoms with Gasteiger partial charge in [-0.25, -0.2) is 0 Å². The molecule has 1 heterocycles. The van der Waals surface area contributed by atoms with E-state index in [1.165, 1.54) is 7.11 Å². The number of fused-ring (bicyclic) bond motifs is 2. The van der Waals surface area contributed by atoms with Crippen molar-refractivity contribution in [3.8, 4) is 0 Å². The van der Waals surface area contributed by atoms with E-state index in [1.54, 1.807) is 0 Å². The number of esters is 1. The molecule has 1 aliphatic carbocycles. The zero-order valence-corrected chi connectivity index (χ0v) is 9.83. The van der Waals surface area contributed by atoms with Crippen LogP contribution in [0.5, 0.6) is 0 Å². The molecule has 92 valence electrons. The number of nitrogens with zero attached hydrogens (tertiary/aromatic N) is 1. The Kier molecular flexibility index (Phi) is 2.94. The Labute approximate surface area is 95.0 Å². The Morgan fingerprint density at radius 3 is 2.56 bits per heavy atom. The Morgan fingerprint density at radius 2 is 2.06 bits per heavy atom. The van der Waals surface area contributed by atoms with Crippen molar-refractivity contribution in [2.45, 2.75) is 50.6 Å². The van der Waals surface area contributed by atoms with E-state index in [2.05, 4.69) is 0 Å². The topological polar surface area (TPSA) is 70.0 Å². The normalized spacial score (nSPS) is 43.0. The lowest BCUT2D eigenvalue weighted by atomic mass is 9.96. The van der Waals surface area contributed by atoms with Crippen molar-refractivity contribution in [1.82, 2.24) is 4.90 Å². The maximum Gasteiger partial charge on any atom is 0.323 e. The van der Waals surface area contributed by atoms with Crippen LogP contribution in [0.15, 0.2) is 0 Å². The molecule has 0 aromatic rings. The van der Waals surface area contributed by atoms with E-state index in [4.69, 9.17) is 4.74 Å². The molecular weight excluding hydrogens is 210 g/mol. The lowest BCUT2D eigenvalue weighted by molar-refractivity contribution is -0.151. The molecule has 5 atom stereocenters. The molecule has 5 nitrogen and oxygen atoms in total. The van der Waals surface area contributed by atoms with Gasteiger partial charge < -0.3 is 14.9 Å². The first-order valence-electron chi connectivity index (χ1n) is 5.70. The lowest BCUT2D eigenvalue weighted by Gasteiger charge is -2.38. The first-order chi connectivity index (χ1) is 7.49. The summed E-state index contributed by atoms with van der Waals surface area (Å²) in [4.78, 5) is 13.6. The molecule has 0 spiro atoms. The van der Waals surface area contributed by atoms with Gasteiger partial charge in [-0.2, -0.15) is 0 Å². The predicted octanol–water partition coefficient (Wildman–Crippen LogP) is -0.638. The van der Waals surface area contributed by atoms with Crippen LogP contribution in [0.2, 0.25) is 0 Å². The van der Waals surface area contributed by atoms with E-state index in [-0.39, 0.29) is 24.0 Å². The van der Waals surface area contributed by atoms with E-state index in [9.17, 15) is 15.0 Å². The number of methoxy groups -OCH3 is 1. The third-order valence-corrected chi connectivity index (χ3v) is 3.81. The number of carbonyl (C=O) groups excluding carboxylic acids is 1. The molecule has 1 aliphatic heterocycles. The summed E-state index contributed by atoms with van der Waals surface area (Å²) in [5.74, 6) is -0.512. The molecule has 2 rings (SSSR count). The Balaban J connectivity index is 2.29. The predicted molar refractivity (Wildman–Crippen MR) is 56.7 cm³/mol. The number of likely N-dealkylation sites (tertiary alicyclic amines) is 1. The molecule has 0 amide bonds. The summed E-state index contributed by atoms with van der Waals surface area (Å²) in [6.07, 6.45) is -0.681. The molecule has 0 aromatic carbocycles. The number of hydrogen-bond acceptors (Lipinski definition) is 5. The van der Waals surface area contributed by atoms with Gasteiger partial charge in [0, 0.05) is 12.0 Å². The van der Waals surface area contributed by atoms with Crippen LogP contribution >= 0.6 is 0 Å². The molecular formula is C11H19NO4. The summed E-state index contributed by atoms with van der Waals surface area (Å²) in [6, 6.07) is -0.633. The van der Waals surface area contributed by atoms with Crippen LogP contribution < -0.4 is 0 Å². The van der Waals surface area contributed by atoms with Gasteiger partial charge in [-0.05, 0) is 20.3 Å². The zero-order valence-electron chi connectivity index (χ0n) is 9.83. The maximum absolute atomic E-state index is 11.7. The fraction of sp³-hybridized carbons (Fsp3) is 0.909. The average Bonchev–Trinajstić information content (AvgIpc) is 2.66. The molecule has 2 fully saturated rings. The fourth-order valence-corrected chi connectivity index (χ4v) is 3.22. The van der Waals surface area contributed by atoms with Gasteiger partial charge in [0.05, 0.1) is 25.4 Å². The molecule has 1 saturated carbocycles. The van der Waals surface area contributed by atoms with Crippen molar-refractivity contribution in [2.24, 2.45) is 5.92 Å². The molecule has 1 saturated heterocycles. The molecule has 0 aromatic heterocycles. The fourth-order valence-electron chi connectivity index (χ4n) is 3.22. The molecule has 3 unspecified atom stereocenters. The molecule has 5 heteroatoms. The zero-order chi connectivity index (χ0) is 12.0. The van der Waals surface area contributed by atoms with Gasteiger partial charge >= 0.3 is 5.97 Å². The van der Waals surface area contributed by atoms with Gasteiger partial charge in [0.1, 0.15) is 6.04 Å². The van der Waals surface area contributed by atoms with Gasteiger partial charge in [0.15, 0.2) is 0 Å². The highest BCUT2D eigenvalue weighted by atomic mass is 16.5. The van der Waals surface area contributed by atoms with Crippen LogP contribution in [-0.4, -0.2) is 58.5 Å². The van der Waals surface area contributed by atoms with E-state index in [0.717, 1.165) is 0 Å². The highest BCUT2D eigenvalue weighted by molar-refractivity contribution is 5.77. The summed E-state index contributed by atoms with van der Waals surface area (Å²) < 4.78 is 4.78. The van der Waals surface area contributed by atoms with Crippen molar-refractivity contribution in [2.75, 3.05) is 7.11 Å². The quantitative estimate of drug-likeness (QED) is 0.617. The van der Waals surface area contributed by atoms with Crippen molar-refractivity contribution < 1.29 is 19.7 Å². The molecule has 0 radical (unpaired) electrons. The van der Waals surface area contributed by atoms with Crippen LogP contribution in [0.4, 0.5) is 0 Å². The largest absolute Gasteiger partial charge is 0.468 e. The summed E-state index contributed by atoms with van der Waals surface area (Å²) in [5.41, 5.74) is 0. The minimum Gasteiger partial charge on any atom is -0.468 e. The van der Waals surface area contributed by atoms with Gasteiger partial charge in [-0.3, -0.25) is 9.69 Å². The molecule has 2 aliphatic rings. The Bertz CT molecular complexity index is 294. The highest BCUT2D eigenvalue weighted by Crippen LogP contribution is 2.44. The Morgan fingerprint density at radius 1 is 1.44 bits per heavy atom. The third-order valence-electron chi connectivity index (χ3n) is 3.81. The van der Waals surface area contributed by atoms with E-state index >= 15 is 0 Å². The number of piperidine rings is 1. The summed E-state index contributed by atoms with van der Waals surface area (Å²) >= 11 is 0. The van der Waals surface area contributed by atoms with Crippen LogP contribution in [0.3, 0.4) is 0 Å². The Hall–Kier alpha value is -0.650. The number of carbonyl (C=O) groups is 1. The van der Waals surface area contributed by atoms with Gasteiger partial charge in [0.2, 0.25) is 0 Å². The first-order valence-corrected chi connectivity index (χ1v) is 5.70. The SMILES string of the molecule is COC(=O)[C@@H]1C2C[C@@H](O)C(C2O)N1C(C)C. The number of aliphatic hydroxyl groups excluding tert-OH is 2. The van der Waals surface area contributed by atoms with Crippen LogP contribution in [0.25, 0.3) is 0 Å². The van der Waals surface area contributed by atoms with E-state index < -0.39 is 18.2 Å². The van der Waals surface area contributed by atoms with E-state index in [0.29, 0.717) is 6.42 Å². The second kappa shape index (κ2) is 3.98. The van der Waals surface area contributed by atoms with Gasteiger partial charge in [0.25, 0.3) is 0 Å². The third kappa shape index (κ3) is 1.46. The smallest absolute Gasteiger partial charge is 0.323 e. The summed E-state index contributed by atoms with van der Waals surface area (Å²) in [5, 5.41) is 19.9. The highest BCUT2D eigenvalue weighted by Gasteiger charge is 2.60. The minimum atomic E-state index is -0.624. The van der Waals surface area contributed by atoms with Crippen LogP contribution in [0, 0.1) is 5.92 Å². The standard InChI is InChI=1S/C11H19NO4/c1-5(2)12-8(11(15)16-3)6-4-7(13)9(12)10(6)14/h5-10,13-14H,4H2,1-3H3/t6?,7-,8+,9?,10?/m1/s1. The van der Waals surface area contributed by atoms with E-state index in [1.807, 2.05) is 18.7 Å². The number of ether oxygens (including phenoxy) is 1. The summed E-state index contributed by atoms with van der Waals surface area (Å²) in [6.45, 7) is 3.91. The van der Waals surface area contributed by atoms with Crippen molar-refractivity contribution in [1.29, 1.82) is 0 Å².